The number of carbonyl (C=O) groups is 1. The Morgan fingerprint density at radius 1 is 1.29 bits per heavy atom. The summed E-state index contributed by atoms with van der Waals surface area (Å²) in [5, 5.41) is 4.14. The molecule has 1 aromatic carbocycles. The molecule has 1 aliphatic rings. The highest BCUT2D eigenvalue weighted by Gasteiger charge is 2.33. The van der Waals surface area contributed by atoms with Gasteiger partial charge in [-0.3, -0.25) is 4.79 Å². The molecule has 1 fully saturated rings. The first-order valence-electron chi connectivity index (χ1n) is 7.08. The number of carbonyl (C=O) groups excluding carboxylic acids is 1. The highest BCUT2D eigenvalue weighted by atomic mass is 16.7. The number of ether oxygens (including phenoxy) is 2. The van der Waals surface area contributed by atoms with Crippen LogP contribution in [-0.4, -0.2) is 30.6 Å². The molecule has 1 amide bonds. The number of nitrogens with zero attached hydrogens (tertiary/aromatic N) is 1. The van der Waals surface area contributed by atoms with Crippen LogP contribution in [0.4, 0.5) is 0 Å². The molecule has 114 valence electrons. The molecular weight excluding hydrogens is 268 g/mol. The predicted molar refractivity (Wildman–Crippen MR) is 81.2 cm³/mol. The third-order valence-corrected chi connectivity index (χ3v) is 3.65. The van der Waals surface area contributed by atoms with Crippen LogP contribution in [-0.2, 0) is 14.3 Å². The van der Waals surface area contributed by atoms with Gasteiger partial charge >= 0.3 is 0 Å². The van der Waals surface area contributed by atoms with E-state index in [0.29, 0.717) is 13.2 Å². The minimum absolute atomic E-state index is 0.136. The summed E-state index contributed by atoms with van der Waals surface area (Å²) in [7, 11) is 0. The molecule has 0 saturated carbocycles. The summed E-state index contributed by atoms with van der Waals surface area (Å²) in [6.45, 7) is 8.80. The van der Waals surface area contributed by atoms with Crippen LogP contribution >= 0.6 is 0 Å². The van der Waals surface area contributed by atoms with Crippen molar-refractivity contribution in [2.45, 2.75) is 39.9 Å². The zero-order valence-corrected chi connectivity index (χ0v) is 13.0. The molecule has 0 radical (unpaired) electrons. The van der Waals surface area contributed by atoms with Crippen molar-refractivity contribution in [1.29, 1.82) is 0 Å². The number of benzene rings is 1. The van der Waals surface area contributed by atoms with E-state index in [0.717, 1.165) is 11.3 Å². The maximum absolute atomic E-state index is 11.9. The summed E-state index contributed by atoms with van der Waals surface area (Å²) in [4.78, 5) is 11.9. The van der Waals surface area contributed by atoms with Crippen molar-refractivity contribution >= 4 is 11.6 Å². The summed E-state index contributed by atoms with van der Waals surface area (Å²) >= 11 is 0. The lowest BCUT2D eigenvalue weighted by molar-refractivity contribution is -0.159. The number of rotatable bonds is 4. The first-order chi connectivity index (χ1) is 9.89. The van der Waals surface area contributed by atoms with Crippen molar-refractivity contribution < 1.29 is 14.3 Å². The maximum atomic E-state index is 11.9. The maximum Gasteiger partial charge on any atom is 0.245 e. The Balaban J connectivity index is 1.96. The van der Waals surface area contributed by atoms with Gasteiger partial charge in [0.2, 0.25) is 5.91 Å². The fourth-order valence-corrected chi connectivity index (χ4v) is 2.17. The van der Waals surface area contributed by atoms with E-state index >= 15 is 0 Å². The topological polar surface area (TPSA) is 59.9 Å². The minimum atomic E-state index is -0.825. The predicted octanol–water partition coefficient (Wildman–Crippen LogP) is 2.30. The Labute approximate surface area is 125 Å². The molecule has 1 heterocycles. The molecule has 1 N–H and O–H groups in total. The van der Waals surface area contributed by atoms with Gasteiger partial charge in [0.25, 0.3) is 0 Å². The van der Waals surface area contributed by atoms with Crippen LogP contribution in [0.5, 0.6) is 0 Å². The Morgan fingerprint density at radius 2 is 1.95 bits per heavy atom. The fourth-order valence-electron chi connectivity index (χ4n) is 2.17. The van der Waals surface area contributed by atoms with Crippen LogP contribution in [0.3, 0.4) is 0 Å². The number of nitrogens with one attached hydrogen (secondary N) is 1. The highest BCUT2D eigenvalue weighted by Crippen LogP contribution is 2.22. The molecule has 5 nitrogen and oxygen atoms in total. The molecule has 0 aromatic heterocycles. The van der Waals surface area contributed by atoms with Crippen LogP contribution in [0, 0.1) is 13.8 Å². The fraction of sp³-hybridized carbons (Fsp3) is 0.500. The lowest BCUT2D eigenvalue weighted by Gasteiger charge is -2.20. The summed E-state index contributed by atoms with van der Waals surface area (Å²) in [6.07, 6.45) is 0.136. The zero-order chi connectivity index (χ0) is 15.5. The molecule has 21 heavy (non-hydrogen) atoms. The zero-order valence-electron chi connectivity index (χ0n) is 13.0. The van der Waals surface area contributed by atoms with E-state index in [1.807, 2.05) is 19.1 Å². The van der Waals surface area contributed by atoms with Crippen molar-refractivity contribution in [3.8, 4) is 0 Å². The van der Waals surface area contributed by atoms with Crippen molar-refractivity contribution in [3.63, 3.8) is 0 Å². The second-order valence-corrected chi connectivity index (χ2v) is 5.54. The molecule has 2 rings (SSSR count). The second-order valence-electron chi connectivity index (χ2n) is 5.54. The summed E-state index contributed by atoms with van der Waals surface area (Å²) < 4.78 is 10.8. The molecular formula is C16H22N2O3. The number of hydrogen-bond acceptors (Lipinski definition) is 4. The third kappa shape index (κ3) is 4.12. The molecule has 0 spiro atoms. The number of amides is 1. The summed E-state index contributed by atoms with van der Waals surface area (Å²) in [6, 6.07) is 6.11. The average Bonchev–Trinajstić information content (AvgIpc) is 2.85. The molecule has 0 unspecified atom stereocenters. The molecule has 1 aromatic rings. The summed E-state index contributed by atoms with van der Waals surface area (Å²) in [5.74, 6) is -1.05. The first kappa shape index (κ1) is 15.7. The summed E-state index contributed by atoms with van der Waals surface area (Å²) in [5.41, 5.74) is 6.76. The van der Waals surface area contributed by atoms with Gasteiger partial charge in [-0.25, -0.2) is 5.43 Å². The molecule has 1 saturated heterocycles. The quantitative estimate of drug-likeness (QED) is 0.683. The molecule has 0 aliphatic carbocycles. The normalized spacial score (nSPS) is 17.8. The van der Waals surface area contributed by atoms with Gasteiger partial charge in [0.05, 0.1) is 25.3 Å². The number of aryl methyl sites for hydroxylation is 2. The van der Waals surface area contributed by atoms with E-state index in [9.17, 15) is 4.79 Å². The van der Waals surface area contributed by atoms with Gasteiger partial charge < -0.3 is 9.47 Å². The largest absolute Gasteiger partial charge is 0.347 e. The molecule has 1 aliphatic heterocycles. The molecule has 0 bridgehead atoms. The number of hydrogen-bond donors (Lipinski definition) is 1. The van der Waals surface area contributed by atoms with Gasteiger partial charge in [0.15, 0.2) is 5.79 Å². The smallest absolute Gasteiger partial charge is 0.245 e. The Kier molecular flexibility index (Phi) is 4.75. The minimum Gasteiger partial charge on any atom is -0.347 e. The SMILES string of the molecule is C/C(=N\NC(=O)CC1(C)OCCO1)c1ccc(C)c(C)c1. The van der Waals surface area contributed by atoms with Crippen LogP contribution in [0.2, 0.25) is 0 Å². The monoisotopic (exact) mass is 290 g/mol. The van der Waals surface area contributed by atoms with Crippen molar-refractivity contribution in [1.82, 2.24) is 5.43 Å². The van der Waals surface area contributed by atoms with E-state index < -0.39 is 5.79 Å². The van der Waals surface area contributed by atoms with Gasteiger partial charge in [0, 0.05) is 0 Å². The molecule has 0 atom stereocenters. The standard InChI is InChI=1S/C16H22N2O3/c1-11-5-6-14(9-12(11)2)13(3)17-18-15(19)10-16(4)20-7-8-21-16/h5-6,9H,7-8,10H2,1-4H3,(H,18,19)/b17-13+. The Bertz CT molecular complexity index is 561. The van der Waals surface area contributed by atoms with Gasteiger partial charge in [-0.1, -0.05) is 12.1 Å². The van der Waals surface area contributed by atoms with E-state index in [1.165, 1.54) is 11.1 Å². The van der Waals surface area contributed by atoms with Gasteiger partial charge in [-0.05, 0) is 50.5 Å². The average molecular weight is 290 g/mol. The van der Waals surface area contributed by atoms with Crippen molar-refractivity contribution in [2.24, 2.45) is 5.10 Å². The molecule has 5 heteroatoms. The third-order valence-electron chi connectivity index (χ3n) is 3.65. The Morgan fingerprint density at radius 3 is 2.57 bits per heavy atom. The van der Waals surface area contributed by atoms with E-state index in [2.05, 4.69) is 30.4 Å². The van der Waals surface area contributed by atoms with Crippen molar-refractivity contribution in [3.05, 3.63) is 34.9 Å². The van der Waals surface area contributed by atoms with Gasteiger partial charge in [-0.2, -0.15) is 5.10 Å². The van der Waals surface area contributed by atoms with E-state index in [1.54, 1.807) is 6.92 Å². The van der Waals surface area contributed by atoms with E-state index in [4.69, 9.17) is 9.47 Å². The van der Waals surface area contributed by atoms with Crippen LogP contribution in [0.15, 0.2) is 23.3 Å². The highest BCUT2D eigenvalue weighted by molar-refractivity contribution is 5.99. The van der Waals surface area contributed by atoms with Crippen LogP contribution in [0.25, 0.3) is 0 Å². The first-order valence-corrected chi connectivity index (χ1v) is 7.08. The number of hydrazone groups is 1. The van der Waals surface area contributed by atoms with Crippen LogP contribution in [0.1, 0.15) is 37.0 Å². The lowest BCUT2D eigenvalue weighted by atomic mass is 10.0. The Hall–Kier alpha value is -1.72. The second kappa shape index (κ2) is 6.37. The lowest BCUT2D eigenvalue weighted by Crippen LogP contribution is -2.33. The van der Waals surface area contributed by atoms with Crippen LogP contribution < -0.4 is 5.43 Å². The van der Waals surface area contributed by atoms with E-state index in [-0.39, 0.29) is 12.3 Å². The van der Waals surface area contributed by atoms with Gasteiger partial charge in [0.1, 0.15) is 0 Å². The van der Waals surface area contributed by atoms with Crippen molar-refractivity contribution in [2.75, 3.05) is 13.2 Å². The van der Waals surface area contributed by atoms with Gasteiger partial charge in [-0.15, -0.1) is 0 Å².